The number of alkyl halides is 1. The Morgan fingerprint density at radius 2 is 2.50 bits per heavy atom. The van der Waals surface area contributed by atoms with E-state index in [1.54, 1.807) is 0 Å². The highest BCUT2D eigenvalue weighted by atomic mass is 35.5. The van der Waals surface area contributed by atoms with Gasteiger partial charge in [0.25, 0.3) is 0 Å². The maximum absolute atomic E-state index is 8.45. The topological polar surface area (TPSA) is 32.6 Å². The summed E-state index contributed by atoms with van der Waals surface area (Å²) in [6.07, 6.45) is 4.14. The van der Waals surface area contributed by atoms with E-state index in [0.29, 0.717) is 11.8 Å². The summed E-state index contributed by atoms with van der Waals surface area (Å²) in [5.41, 5.74) is 0.914. The molecule has 0 spiro atoms. The molecular weight excluding hydrogens is 150 g/mol. The first-order valence-corrected chi connectivity index (χ1v) is 4.16. The van der Waals surface area contributed by atoms with Crippen molar-refractivity contribution in [2.45, 2.75) is 25.7 Å². The Labute approximate surface area is 65.9 Å². The third-order valence-corrected chi connectivity index (χ3v) is 2.40. The van der Waals surface area contributed by atoms with Crippen LogP contribution in [0.3, 0.4) is 0 Å². The molecule has 0 amide bonds. The fourth-order valence-corrected chi connectivity index (χ4v) is 1.62. The minimum atomic E-state index is 0.543. The predicted molar refractivity (Wildman–Crippen MR) is 41.9 cm³/mol. The minimum Gasteiger partial charge on any atom is -0.411 e. The second-order valence-corrected chi connectivity index (χ2v) is 3.09. The lowest BCUT2D eigenvalue weighted by molar-refractivity contribution is 0.311. The average Bonchev–Trinajstić information content (AvgIpc) is 2.05. The van der Waals surface area contributed by atoms with Crippen LogP contribution in [0.15, 0.2) is 5.16 Å². The summed E-state index contributed by atoms with van der Waals surface area (Å²) in [7, 11) is 0. The second-order valence-electron chi connectivity index (χ2n) is 2.78. The van der Waals surface area contributed by atoms with Gasteiger partial charge in [-0.1, -0.05) is 5.16 Å². The van der Waals surface area contributed by atoms with E-state index < -0.39 is 0 Å². The van der Waals surface area contributed by atoms with Crippen LogP contribution in [0.25, 0.3) is 0 Å². The molecule has 0 saturated heterocycles. The Morgan fingerprint density at radius 1 is 1.70 bits per heavy atom. The SMILES string of the molecule is O/N=C1\CCCC(CCl)C1. The van der Waals surface area contributed by atoms with Gasteiger partial charge in [0.2, 0.25) is 0 Å². The van der Waals surface area contributed by atoms with Crippen molar-refractivity contribution in [1.29, 1.82) is 0 Å². The van der Waals surface area contributed by atoms with Crippen molar-refractivity contribution in [2.75, 3.05) is 5.88 Å². The summed E-state index contributed by atoms with van der Waals surface area (Å²) in [5, 5.41) is 11.7. The van der Waals surface area contributed by atoms with Gasteiger partial charge in [-0.15, -0.1) is 11.6 Å². The lowest BCUT2D eigenvalue weighted by Crippen LogP contribution is -2.16. The average molecular weight is 162 g/mol. The van der Waals surface area contributed by atoms with Crippen molar-refractivity contribution < 1.29 is 5.21 Å². The quantitative estimate of drug-likeness (QED) is 0.357. The van der Waals surface area contributed by atoms with E-state index in [1.807, 2.05) is 0 Å². The van der Waals surface area contributed by atoms with E-state index in [2.05, 4.69) is 5.16 Å². The Bertz CT molecular complexity index is 136. The molecule has 1 aliphatic carbocycles. The number of nitrogens with zero attached hydrogens (tertiary/aromatic N) is 1. The first kappa shape index (κ1) is 7.86. The maximum Gasteiger partial charge on any atom is 0.0574 e. The van der Waals surface area contributed by atoms with Gasteiger partial charge >= 0.3 is 0 Å². The molecule has 1 atom stereocenters. The monoisotopic (exact) mass is 161 g/mol. The van der Waals surface area contributed by atoms with Gasteiger partial charge in [-0.25, -0.2) is 0 Å². The summed E-state index contributed by atoms with van der Waals surface area (Å²) >= 11 is 5.67. The minimum absolute atomic E-state index is 0.543. The molecule has 1 unspecified atom stereocenters. The molecule has 1 saturated carbocycles. The smallest absolute Gasteiger partial charge is 0.0574 e. The van der Waals surface area contributed by atoms with Crippen molar-refractivity contribution in [2.24, 2.45) is 11.1 Å². The van der Waals surface area contributed by atoms with Crippen molar-refractivity contribution in [3.8, 4) is 0 Å². The molecule has 1 N–H and O–H groups in total. The van der Waals surface area contributed by atoms with Crippen LogP contribution < -0.4 is 0 Å². The fraction of sp³-hybridized carbons (Fsp3) is 0.857. The van der Waals surface area contributed by atoms with E-state index in [1.165, 1.54) is 6.42 Å². The first-order chi connectivity index (χ1) is 4.86. The van der Waals surface area contributed by atoms with Gasteiger partial charge in [0.1, 0.15) is 0 Å². The van der Waals surface area contributed by atoms with E-state index in [0.717, 1.165) is 25.0 Å². The summed E-state index contributed by atoms with van der Waals surface area (Å²) in [4.78, 5) is 0. The highest BCUT2D eigenvalue weighted by Gasteiger charge is 2.16. The number of halogens is 1. The van der Waals surface area contributed by atoms with Crippen LogP contribution in [-0.4, -0.2) is 16.8 Å². The van der Waals surface area contributed by atoms with Gasteiger partial charge in [0, 0.05) is 5.88 Å². The number of rotatable bonds is 1. The zero-order valence-corrected chi connectivity index (χ0v) is 6.64. The van der Waals surface area contributed by atoms with Gasteiger partial charge in [0.15, 0.2) is 0 Å². The highest BCUT2D eigenvalue weighted by Crippen LogP contribution is 2.22. The molecule has 58 valence electrons. The van der Waals surface area contributed by atoms with Gasteiger partial charge in [-0.3, -0.25) is 0 Å². The van der Waals surface area contributed by atoms with Crippen molar-refractivity contribution >= 4 is 17.3 Å². The van der Waals surface area contributed by atoms with Crippen molar-refractivity contribution in [1.82, 2.24) is 0 Å². The van der Waals surface area contributed by atoms with Crippen LogP contribution in [0.2, 0.25) is 0 Å². The van der Waals surface area contributed by atoms with Crippen molar-refractivity contribution in [3.63, 3.8) is 0 Å². The Hall–Kier alpha value is -0.240. The Balaban J connectivity index is 2.39. The van der Waals surface area contributed by atoms with Gasteiger partial charge in [-0.2, -0.15) is 0 Å². The fourth-order valence-electron chi connectivity index (χ4n) is 1.35. The molecule has 0 radical (unpaired) electrons. The van der Waals surface area contributed by atoms with Gasteiger partial charge in [-0.05, 0) is 31.6 Å². The molecule has 0 heterocycles. The van der Waals surface area contributed by atoms with E-state index >= 15 is 0 Å². The normalized spacial score (nSPS) is 30.9. The molecule has 0 aromatic rings. The molecule has 0 aliphatic heterocycles. The Morgan fingerprint density at radius 3 is 3.10 bits per heavy atom. The molecule has 1 rings (SSSR count). The van der Waals surface area contributed by atoms with E-state index in [4.69, 9.17) is 16.8 Å². The van der Waals surface area contributed by atoms with Crippen LogP contribution >= 0.6 is 11.6 Å². The molecule has 3 heteroatoms. The van der Waals surface area contributed by atoms with Crippen LogP contribution in [0.5, 0.6) is 0 Å². The molecule has 1 fully saturated rings. The highest BCUT2D eigenvalue weighted by molar-refractivity contribution is 6.18. The third-order valence-electron chi connectivity index (χ3n) is 1.96. The number of hydrogen-bond donors (Lipinski definition) is 1. The van der Waals surface area contributed by atoms with Crippen LogP contribution in [-0.2, 0) is 0 Å². The van der Waals surface area contributed by atoms with E-state index in [9.17, 15) is 0 Å². The summed E-state index contributed by atoms with van der Waals surface area (Å²) in [6.45, 7) is 0. The molecule has 2 nitrogen and oxygen atoms in total. The largest absolute Gasteiger partial charge is 0.411 e. The second kappa shape index (κ2) is 3.81. The van der Waals surface area contributed by atoms with Crippen molar-refractivity contribution in [3.05, 3.63) is 0 Å². The lowest BCUT2D eigenvalue weighted by Gasteiger charge is -2.19. The van der Waals surface area contributed by atoms with Crippen LogP contribution in [0, 0.1) is 5.92 Å². The molecule has 0 aromatic heterocycles. The lowest BCUT2D eigenvalue weighted by atomic mass is 9.89. The molecular formula is C7H12ClNO. The zero-order chi connectivity index (χ0) is 7.40. The third kappa shape index (κ3) is 1.87. The zero-order valence-electron chi connectivity index (χ0n) is 5.89. The predicted octanol–water partition coefficient (Wildman–Crippen LogP) is 2.25. The molecule has 0 bridgehead atoms. The summed E-state index contributed by atoms with van der Waals surface area (Å²) in [5.74, 6) is 1.24. The molecule has 1 aliphatic rings. The number of hydrogen-bond acceptors (Lipinski definition) is 2. The van der Waals surface area contributed by atoms with E-state index in [-0.39, 0.29) is 0 Å². The van der Waals surface area contributed by atoms with Crippen LogP contribution in [0.4, 0.5) is 0 Å². The Kier molecular flexibility index (Phi) is 3.00. The first-order valence-electron chi connectivity index (χ1n) is 3.62. The van der Waals surface area contributed by atoms with Crippen LogP contribution in [0.1, 0.15) is 25.7 Å². The maximum atomic E-state index is 8.45. The standard InChI is InChI=1S/C7H12ClNO/c8-5-6-2-1-3-7(4-6)9-10/h6,10H,1-5H2/b9-7+. The van der Waals surface area contributed by atoms with Gasteiger partial charge < -0.3 is 5.21 Å². The summed E-state index contributed by atoms with van der Waals surface area (Å²) in [6, 6.07) is 0. The van der Waals surface area contributed by atoms with Gasteiger partial charge in [0.05, 0.1) is 5.71 Å². The molecule has 10 heavy (non-hydrogen) atoms. The number of oxime groups is 1. The summed E-state index contributed by atoms with van der Waals surface area (Å²) < 4.78 is 0. The molecule has 0 aromatic carbocycles.